The second-order valence-electron chi connectivity index (χ2n) is 3.95. The van der Waals surface area contributed by atoms with E-state index >= 15 is 0 Å². The molecule has 17 heavy (non-hydrogen) atoms. The molecule has 1 aromatic heterocycles. The van der Waals surface area contributed by atoms with E-state index < -0.39 is 0 Å². The maximum atomic E-state index is 11.2. The number of carbonyl (C=O) groups is 1. The van der Waals surface area contributed by atoms with E-state index in [0.29, 0.717) is 0 Å². The van der Waals surface area contributed by atoms with Gasteiger partial charge >= 0.3 is 0 Å². The Balaban J connectivity index is 2.51. The number of amides is 1. The van der Waals surface area contributed by atoms with Gasteiger partial charge in [0.1, 0.15) is 0 Å². The summed E-state index contributed by atoms with van der Waals surface area (Å²) in [5, 5.41) is 2.82. The molecule has 2 aromatic rings. The fourth-order valence-corrected chi connectivity index (χ4v) is 1.69. The number of carbonyl (C=O) groups excluding carboxylic acids is 1. The molecule has 3 heteroatoms. The van der Waals surface area contributed by atoms with Crippen LogP contribution in [0.25, 0.3) is 11.3 Å². The van der Waals surface area contributed by atoms with Gasteiger partial charge in [0.25, 0.3) is 0 Å². The fourth-order valence-electron chi connectivity index (χ4n) is 1.69. The number of hydrogen-bond acceptors (Lipinski definition) is 2. The predicted octanol–water partition coefficient (Wildman–Crippen LogP) is 3.02. The van der Waals surface area contributed by atoms with E-state index in [2.05, 4.69) is 10.3 Å². The van der Waals surface area contributed by atoms with Gasteiger partial charge in [-0.25, -0.2) is 0 Å². The van der Waals surface area contributed by atoms with Gasteiger partial charge in [0, 0.05) is 18.7 Å². The molecule has 0 radical (unpaired) electrons. The molecule has 2 rings (SSSR count). The molecule has 86 valence electrons. The van der Waals surface area contributed by atoms with E-state index in [0.717, 1.165) is 22.5 Å². The van der Waals surface area contributed by atoms with E-state index in [1.165, 1.54) is 6.92 Å². The van der Waals surface area contributed by atoms with Gasteiger partial charge in [0.15, 0.2) is 0 Å². The van der Waals surface area contributed by atoms with Crippen LogP contribution in [0.2, 0.25) is 0 Å². The molecule has 0 bridgehead atoms. The van der Waals surface area contributed by atoms with Crippen molar-refractivity contribution >= 4 is 11.6 Å². The Morgan fingerprint density at radius 3 is 2.71 bits per heavy atom. The zero-order chi connectivity index (χ0) is 12.3. The molecule has 1 N–H and O–H groups in total. The van der Waals surface area contributed by atoms with Crippen molar-refractivity contribution in [1.29, 1.82) is 0 Å². The van der Waals surface area contributed by atoms with Crippen LogP contribution < -0.4 is 5.32 Å². The Kier molecular flexibility index (Phi) is 3.19. The van der Waals surface area contributed by atoms with Gasteiger partial charge in [-0.3, -0.25) is 9.78 Å². The van der Waals surface area contributed by atoms with Crippen molar-refractivity contribution in [3.8, 4) is 11.3 Å². The summed E-state index contributed by atoms with van der Waals surface area (Å²) in [6.45, 7) is 3.52. The first kappa shape index (κ1) is 11.3. The summed E-state index contributed by atoms with van der Waals surface area (Å²) < 4.78 is 0. The highest BCUT2D eigenvalue weighted by Crippen LogP contribution is 2.27. The van der Waals surface area contributed by atoms with E-state index in [-0.39, 0.29) is 5.91 Å². The molecular formula is C14H14N2O. The van der Waals surface area contributed by atoms with Crippen molar-refractivity contribution in [2.24, 2.45) is 0 Å². The minimum absolute atomic E-state index is 0.0777. The third-order valence-corrected chi connectivity index (χ3v) is 2.43. The van der Waals surface area contributed by atoms with Crippen LogP contribution in [0.15, 0.2) is 42.6 Å². The minimum Gasteiger partial charge on any atom is -0.326 e. The SMILES string of the molecule is CC(=O)Nc1ccc(C)cc1-c1ccccn1. The van der Waals surface area contributed by atoms with Crippen LogP contribution in [0.1, 0.15) is 12.5 Å². The summed E-state index contributed by atoms with van der Waals surface area (Å²) in [6, 6.07) is 11.6. The van der Waals surface area contributed by atoms with E-state index in [4.69, 9.17) is 0 Å². The molecule has 0 aliphatic heterocycles. The van der Waals surface area contributed by atoms with Crippen molar-refractivity contribution < 1.29 is 4.79 Å². The molecule has 0 fully saturated rings. The zero-order valence-corrected chi connectivity index (χ0v) is 9.90. The lowest BCUT2D eigenvalue weighted by molar-refractivity contribution is -0.114. The average molecular weight is 226 g/mol. The third kappa shape index (κ3) is 2.69. The molecular weight excluding hydrogens is 212 g/mol. The number of anilines is 1. The Morgan fingerprint density at radius 2 is 2.06 bits per heavy atom. The summed E-state index contributed by atoms with van der Waals surface area (Å²) in [5.41, 5.74) is 3.74. The summed E-state index contributed by atoms with van der Waals surface area (Å²) >= 11 is 0. The maximum Gasteiger partial charge on any atom is 0.221 e. The third-order valence-electron chi connectivity index (χ3n) is 2.43. The Bertz CT molecular complexity index is 535. The molecule has 3 nitrogen and oxygen atoms in total. The number of aromatic nitrogens is 1. The molecule has 0 saturated heterocycles. The van der Waals surface area contributed by atoms with Crippen molar-refractivity contribution in [1.82, 2.24) is 4.98 Å². The summed E-state index contributed by atoms with van der Waals surface area (Å²) in [5.74, 6) is -0.0777. The molecule has 0 spiro atoms. The van der Waals surface area contributed by atoms with Gasteiger partial charge in [-0.1, -0.05) is 17.7 Å². The van der Waals surface area contributed by atoms with Gasteiger partial charge in [0.2, 0.25) is 5.91 Å². The fraction of sp³-hybridized carbons (Fsp3) is 0.143. The second-order valence-corrected chi connectivity index (χ2v) is 3.95. The zero-order valence-electron chi connectivity index (χ0n) is 9.90. The topological polar surface area (TPSA) is 42.0 Å². The first-order valence-electron chi connectivity index (χ1n) is 5.46. The van der Waals surface area contributed by atoms with E-state index in [1.807, 2.05) is 43.3 Å². The number of rotatable bonds is 2. The van der Waals surface area contributed by atoms with Crippen molar-refractivity contribution in [3.05, 3.63) is 48.2 Å². The lowest BCUT2D eigenvalue weighted by atomic mass is 10.1. The lowest BCUT2D eigenvalue weighted by Gasteiger charge is -2.10. The molecule has 0 aliphatic rings. The highest BCUT2D eigenvalue weighted by atomic mass is 16.1. The van der Waals surface area contributed by atoms with Crippen LogP contribution in [0, 0.1) is 6.92 Å². The van der Waals surface area contributed by atoms with E-state index in [9.17, 15) is 4.79 Å². The maximum absolute atomic E-state index is 11.2. The number of pyridine rings is 1. The average Bonchev–Trinajstić information content (AvgIpc) is 2.32. The van der Waals surface area contributed by atoms with Gasteiger partial charge in [0.05, 0.1) is 11.4 Å². The summed E-state index contributed by atoms with van der Waals surface area (Å²) in [6.07, 6.45) is 1.75. The van der Waals surface area contributed by atoms with Gasteiger partial charge < -0.3 is 5.32 Å². The number of aryl methyl sites for hydroxylation is 1. The van der Waals surface area contributed by atoms with Gasteiger partial charge in [-0.2, -0.15) is 0 Å². The Labute approximate surface area is 101 Å². The van der Waals surface area contributed by atoms with Gasteiger partial charge in [-0.05, 0) is 31.2 Å². The molecule has 0 atom stereocenters. The summed E-state index contributed by atoms with van der Waals surface area (Å²) in [7, 11) is 0. The predicted molar refractivity (Wildman–Crippen MR) is 68.7 cm³/mol. The van der Waals surface area contributed by atoms with Crippen molar-refractivity contribution in [3.63, 3.8) is 0 Å². The van der Waals surface area contributed by atoms with E-state index in [1.54, 1.807) is 6.20 Å². The first-order chi connectivity index (χ1) is 8.16. The second kappa shape index (κ2) is 4.78. The van der Waals surface area contributed by atoms with Crippen molar-refractivity contribution in [2.75, 3.05) is 5.32 Å². The highest BCUT2D eigenvalue weighted by Gasteiger charge is 2.07. The lowest BCUT2D eigenvalue weighted by Crippen LogP contribution is -2.07. The molecule has 1 heterocycles. The van der Waals surface area contributed by atoms with Crippen LogP contribution in [0.5, 0.6) is 0 Å². The molecule has 0 unspecified atom stereocenters. The number of nitrogens with one attached hydrogen (secondary N) is 1. The van der Waals surface area contributed by atoms with Crippen LogP contribution in [0.3, 0.4) is 0 Å². The minimum atomic E-state index is -0.0777. The normalized spacial score (nSPS) is 10.0. The molecule has 1 aromatic carbocycles. The molecule has 0 aliphatic carbocycles. The number of nitrogens with zero attached hydrogens (tertiary/aromatic N) is 1. The smallest absolute Gasteiger partial charge is 0.221 e. The molecule has 1 amide bonds. The van der Waals surface area contributed by atoms with Crippen LogP contribution in [-0.4, -0.2) is 10.9 Å². The van der Waals surface area contributed by atoms with Crippen molar-refractivity contribution in [2.45, 2.75) is 13.8 Å². The van der Waals surface area contributed by atoms with Gasteiger partial charge in [-0.15, -0.1) is 0 Å². The number of benzene rings is 1. The van der Waals surface area contributed by atoms with Crippen LogP contribution >= 0.6 is 0 Å². The quantitative estimate of drug-likeness (QED) is 0.855. The monoisotopic (exact) mass is 226 g/mol. The standard InChI is InChI=1S/C14H14N2O/c1-10-6-7-14(16-11(2)17)12(9-10)13-5-3-4-8-15-13/h3-9H,1-2H3,(H,16,17). The summed E-state index contributed by atoms with van der Waals surface area (Å²) in [4.78, 5) is 15.5. The Morgan fingerprint density at radius 1 is 1.24 bits per heavy atom. The first-order valence-corrected chi connectivity index (χ1v) is 5.46. The number of hydrogen-bond donors (Lipinski definition) is 1. The molecule has 0 saturated carbocycles. The van der Waals surface area contributed by atoms with Crippen LogP contribution in [0.4, 0.5) is 5.69 Å². The highest BCUT2D eigenvalue weighted by molar-refractivity contribution is 5.93. The Hall–Kier alpha value is -2.16. The largest absolute Gasteiger partial charge is 0.326 e. The van der Waals surface area contributed by atoms with Crippen LogP contribution in [-0.2, 0) is 4.79 Å².